The fraction of sp³-hybridized carbons (Fsp3) is 0.667. The summed E-state index contributed by atoms with van der Waals surface area (Å²) in [5.41, 5.74) is 2.15. The lowest BCUT2D eigenvalue weighted by Gasteiger charge is -2.11. The largest absolute Gasteiger partial charge is 0.352 e. The molecular formula is C12H22N4O. The van der Waals surface area contributed by atoms with Crippen molar-refractivity contribution < 1.29 is 4.79 Å². The summed E-state index contributed by atoms with van der Waals surface area (Å²) >= 11 is 0. The molecule has 0 fully saturated rings. The maximum atomic E-state index is 11.7. The Hall–Kier alpha value is -1.36. The van der Waals surface area contributed by atoms with Crippen LogP contribution in [-0.4, -0.2) is 29.3 Å². The molecule has 1 amide bonds. The molecule has 0 spiro atoms. The van der Waals surface area contributed by atoms with Gasteiger partial charge in [0.2, 0.25) is 5.91 Å². The molecule has 1 aromatic rings. The summed E-state index contributed by atoms with van der Waals surface area (Å²) in [6, 6.07) is 0. The topological polar surface area (TPSA) is 59.0 Å². The van der Waals surface area contributed by atoms with Gasteiger partial charge in [-0.3, -0.25) is 9.48 Å². The van der Waals surface area contributed by atoms with Crippen LogP contribution < -0.4 is 10.6 Å². The zero-order chi connectivity index (χ0) is 12.8. The van der Waals surface area contributed by atoms with Crippen molar-refractivity contribution in [1.29, 1.82) is 0 Å². The minimum absolute atomic E-state index is 0.0123. The number of aryl methyl sites for hydroxylation is 2. The molecule has 0 bridgehead atoms. The number of nitrogens with zero attached hydrogens (tertiary/aromatic N) is 2. The van der Waals surface area contributed by atoms with Crippen molar-refractivity contribution in [3.63, 3.8) is 0 Å². The van der Waals surface area contributed by atoms with Crippen LogP contribution in [0.4, 0.5) is 0 Å². The lowest BCUT2D eigenvalue weighted by molar-refractivity contribution is -0.124. The van der Waals surface area contributed by atoms with Gasteiger partial charge < -0.3 is 10.6 Å². The van der Waals surface area contributed by atoms with Crippen molar-refractivity contribution in [3.05, 3.63) is 17.5 Å². The van der Waals surface area contributed by atoms with E-state index in [0.717, 1.165) is 17.7 Å². The first-order chi connectivity index (χ1) is 8.08. The van der Waals surface area contributed by atoms with Crippen LogP contribution in [0.2, 0.25) is 0 Å². The van der Waals surface area contributed by atoms with Crippen molar-refractivity contribution >= 4 is 5.91 Å². The van der Waals surface area contributed by atoms with Gasteiger partial charge in [0.25, 0.3) is 0 Å². The third kappa shape index (κ3) is 3.85. The fourth-order valence-corrected chi connectivity index (χ4v) is 1.78. The van der Waals surface area contributed by atoms with Crippen LogP contribution >= 0.6 is 0 Å². The maximum Gasteiger partial charge on any atom is 0.224 e. The summed E-state index contributed by atoms with van der Waals surface area (Å²) in [4.78, 5) is 11.7. The first kappa shape index (κ1) is 13.7. The Morgan fingerprint density at radius 3 is 2.88 bits per heavy atom. The molecule has 96 valence electrons. The predicted octanol–water partition coefficient (Wildman–Crippen LogP) is 0.454. The third-order valence-electron chi connectivity index (χ3n) is 2.74. The number of hydrogen-bond acceptors (Lipinski definition) is 3. The molecule has 0 aliphatic rings. The number of amides is 1. The Bertz CT molecular complexity index is 373. The van der Waals surface area contributed by atoms with E-state index in [1.54, 1.807) is 4.68 Å². The second-order valence-corrected chi connectivity index (χ2v) is 4.30. The number of carbonyl (C=O) groups is 1. The molecule has 0 aromatic carbocycles. The van der Waals surface area contributed by atoms with Crippen molar-refractivity contribution in [2.75, 3.05) is 13.6 Å². The van der Waals surface area contributed by atoms with Gasteiger partial charge in [-0.05, 0) is 13.5 Å². The number of carbonyl (C=O) groups excluding carboxylic acids is 1. The van der Waals surface area contributed by atoms with Gasteiger partial charge >= 0.3 is 0 Å². The first-order valence-corrected chi connectivity index (χ1v) is 6.02. The average Bonchev–Trinajstić information content (AvgIpc) is 2.66. The zero-order valence-electron chi connectivity index (χ0n) is 11.1. The van der Waals surface area contributed by atoms with E-state index in [1.165, 1.54) is 0 Å². The van der Waals surface area contributed by atoms with Crippen LogP contribution in [0, 0.1) is 5.92 Å². The first-order valence-electron chi connectivity index (χ1n) is 6.02. The second kappa shape index (κ2) is 6.39. The smallest absolute Gasteiger partial charge is 0.224 e. The SMILES string of the molecule is CCc1nn(C)cc1CNC(=O)C(C)CNC. The van der Waals surface area contributed by atoms with Gasteiger partial charge in [0.15, 0.2) is 0 Å². The molecular weight excluding hydrogens is 216 g/mol. The molecule has 1 unspecified atom stereocenters. The standard InChI is InChI=1S/C12H22N4O/c1-5-11-10(8-16(4)15-11)7-14-12(17)9(2)6-13-3/h8-9,13H,5-7H2,1-4H3,(H,14,17). The van der Waals surface area contributed by atoms with Crippen molar-refractivity contribution in [1.82, 2.24) is 20.4 Å². The molecule has 5 heteroatoms. The minimum Gasteiger partial charge on any atom is -0.352 e. The van der Waals surface area contributed by atoms with E-state index in [4.69, 9.17) is 0 Å². The van der Waals surface area contributed by atoms with E-state index in [0.29, 0.717) is 13.1 Å². The van der Waals surface area contributed by atoms with E-state index < -0.39 is 0 Å². The van der Waals surface area contributed by atoms with Crippen molar-refractivity contribution in [2.45, 2.75) is 26.8 Å². The van der Waals surface area contributed by atoms with Gasteiger partial charge in [-0.15, -0.1) is 0 Å². The molecule has 1 aromatic heterocycles. The van der Waals surface area contributed by atoms with Crippen LogP contribution in [0.15, 0.2) is 6.20 Å². The van der Waals surface area contributed by atoms with E-state index in [9.17, 15) is 4.79 Å². The van der Waals surface area contributed by atoms with Crippen molar-refractivity contribution in [2.24, 2.45) is 13.0 Å². The molecule has 0 radical (unpaired) electrons. The molecule has 0 saturated carbocycles. The fourth-order valence-electron chi connectivity index (χ4n) is 1.78. The van der Waals surface area contributed by atoms with Gasteiger partial charge in [-0.1, -0.05) is 13.8 Å². The van der Waals surface area contributed by atoms with Crippen LogP contribution in [0.1, 0.15) is 25.1 Å². The molecule has 17 heavy (non-hydrogen) atoms. The Morgan fingerprint density at radius 2 is 2.29 bits per heavy atom. The molecule has 0 aliphatic carbocycles. The van der Waals surface area contributed by atoms with Gasteiger partial charge in [0.1, 0.15) is 0 Å². The summed E-state index contributed by atoms with van der Waals surface area (Å²) in [5, 5.41) is 10.3. The lowest BCUT2D eigenvalue weighted by Crippen LogP contribution is -2.34. The second-order valence-electron chi connectivity index (χ2n) is 4.30. The normalized spacial score (nSPS) is 12.5. The Balaban J connectivity index is 2.52. The highest BCUT2D eigenvalue weighted by molar-refractivity contribution is 5.78. The maximum absolute atomic E-state index is 11.7. The van der Waals surface area contributed by atoms with Gasteiger partial charge in [-0.25, -0.2) is 0 Å². The molecule has 0 aliphatic heterocycles. The van der Waals surface area contributed by atoms with Crippen LogP contribution in [-0.2, 0) is 24.8 Å². The Labute approximate surface area is 103 Å². The van der Waals surface area contributed by atoms with Gasteiger partial charge in [0, 0.05) is 37.8 Å². The average molecular weight is 238 g/mol. The van der Waals surface area contributed by atoms with E-state index in [1.807, 2.05) is 27.2 Å². The summed E-state index contributed by atoms with van der Waals surface area (Å²) in [6.07, 6.45) is 2.85. The minimum atomic E-state index is -0.0123. The Morgan fingerprint density at radius 1 is 1.59 bits per heavy atom. The predicted molar refractivity (Wildman–Crippen MR) is 67.5 cm³/mol. The number of aromatic nitrogens is 2. The van der Waals surface area contributed by atoms with Crippen molar-refractivity contribution in [3.8, 4) is 0 Å². The molecule has 2 N–H and O–H groups in total. The number of hydrogen-bond donors (Lipinski definition) is 2. The quantitative estimate of drug-likeness (QED) is 0.756. The van der Waals surface area contributed by atoms with Gasteiger partial charge in [0.05, 0.1) is 5.69 Å². The van der Waals surface area contributed by atoms with E-state index in [-0.39, 0.29) is 11.8 Å². The number of rotatable bonds is 6. The third-order valence-corrected chi connectivity index (χ3v) is 2.74. The Kier molecular flexibility index (Phi) is 5.15. The van der Waals surface area contributed by atoms with E-state index in [2.05, 4.69) is 22.7 Å². The summed E-state index contributed by atoms with van der Waals surface area (Å²) in [6.45, 7) is 5.23. The lowest BCUT2D eigenvalue weighted by atomic mass is 10.1. The van der Waals surface area contributed by atoms with Gasteiger partial charge in [-0.2, -0.15) is 5.10 Å². The summed E-state index contributed by atoms with van der Waals surface area (Å²) in [7, 11) is 3.74. The van der Waals surface area contributed by atoms with E-state index >= 15 is 0 Å². The van der Waals surface area contributed by atoms with Crippen LogP contribution in [0.5, 0.6) is 0 Å². The zero-order valence-corrected chi connectivity index (χ0v) is 11.1. The monoisotopic (exact) mass is 238 g/mol. The highest BCUT2D eigenvalue weighted by Gasteiger charge is 2.12. The van der Waals surface area contributed by atoms with Crippen LogP contribution in [0.3, 0.4) is 0 Å². The molecule has 1 atom stereocenters. The summed E-state index contributed by atoms with van der Waals surface area (Å²) in [5.74, 6) is 0.0620. The molecule has 1 rings (SSSR count). The van der Waals surface area contributed by atoms with Crippen LogP contribution in [0.25, 0.3) is 0 Å². The molecule has 1 heterocycles. The molecule has 0 saturated heterocycles. The summed E-state index contributed by atoms with van der Waals surface area (Å²) < 4.78 is 1.79. The highest BCUT2D eigenvalue weighted by atomic mass is 16.1. The molecule has 5 nitrogen and oxygen atoms in total. The highest BCUT2D eigenvalue weighted by Crippen LogP contribution is 2.07. The number of nitrogens with one attached hydrogen (secondary N) is 2.